The van der Waals surface area contributed by atoms with Gasteiger partial charge in [-0.2, -0.15) is 0 Å². The molecule has 5 aliphatic rings. The van der Waals surface area contributed by atoms with Crippen molar-refractivity contribution in [3.63, 3.8) is 0 Å². The summed E-state index contributed by atoms with van der Waals surface area (Å²) in [6, 6.07) is 5.06. The minimum atomic E-state index is 0.218. The molecule has 2 aliphatic carbocycles. The van der Waals surface area contributed by atoms with E-state index in [0.717, 1.165) is 30.4 Å². The first kappa shape index (κ1) is 14.6. The van der Waals surface area contributed by atoms with Crippen LogP contribution in [-0.2, 0) is 11.8 Å². The summed E-state index contributed by atoms with van der Waals surface area (Å²) < 4.78 is 12.8. The summed E-state index contributed by atoms with van der Waals surface area (Å²) in [6.45, 7) is 1.13. The van der Waals surface area contributed by atoms with Crippen LogP contribution in [0.1, 0.15) is 30.4 Å². The topological polar surface area (TPSA) is 30.5 Å². The van der Waals surface area contributed by atoms with E-state index in [1.165, 1.54) is 41.9 Å². The van der Waals surface area contributed by atoms with Crippen LogP contribution in [0.4, 0.5) is 0 Å². The summed E-state index contributed by atoms with van der Waals surface area (Å²) in [6.07, 6.45) is 5.32. The van der Waals surface area contributed by atoms with E-state index in [1.807, 2.05) is 0 Å². The molecule has 3 nitrogen and oxygen atoms in total. The van der Waals surface area contributed by atoms with Crippen molar-refractivity contribution in [2.45, 2.75) is 47.3 Å². The van der Waals surface area contributed by atoms with E-state index < -0.39 is 0 Å². The second-order valence-electron chi connectivity index (χ2n) is 7.84. The molecular weight excluding hydrogens is 338 g/mol. The van der Waals surface area contributed by atoms with Gasteiger partial charge in [0, 0.05) is 28.5 Å². The van der Waals surface area contributed by atoms with Crippen molar-refractivity contribution in [3.05, 3.63) is 23.3 Å². The third kappa shape index (κ3) is 1.54. The Labute approximate surface area is 151 Å². The Bertz CT molecular complexity index is 718. The van der Waals surface area contributed by atoms with Gasteiger partial charge in [-0.1, -0.05) is 6.07 Å². The van der Waals surface area contributed by atoms with E-state index in [1.54, 1.807) is 7.11 Å². The molecule has 4 atom stereocenters. The molecule has 1 N–H and O–H groups in total. The molecule has 24 heavy (non-hydrogen) atoms. The first-order valence-electron chi connectivity index (χ1n) is 9.17. The van der Waals surface area contributed by atoms with E-state index in [9.17, 15) is 0 Å². The molecule has 1 aromatic rings. The zero-order valence-corrected chi connectivity index (χ0v) is 15.6. The first-order valence-corrected chi connectivity index (χ1v) is 11.1. The average molecular weight is 362 g/mol. The molecule has 0 radical (unpaired) electrons. The highest BCUT2D eigenvalue weighted by Gasteiger charge is 2.69. The summed E-state index contributed by atoms with van der Waals surface area (Å²) in [5.74, 6) is 5.29. The van der Waals surface area contributed by atoms with E-state index in [-0.39, 0.29) is 9.49 Å². The van der Waals surface area contributed by atoms with Gasteiger partial charge in [-0.15, -0.1) is 23.5 Å². The maximum atomic E-state index is 6.84. The maximum absolute atomic E-state index is 6.84. The van der Waals surface area contributed by atoms with Gasteiger partial charge < -0.3 is 14.8 Å². The number of hydrogen-bond donors (Lipinski definition) is 1. The summed E-state index contributed by atoms with van der Waals surface area (Å²) >= 11 is 4.35. The third-order valence-corrected chi connectivity index (χ3v) is 10.7. The summed E-state index contributed by atoms with van der Waals surface area (Å²) in [5.41, 5.74) is 3.25. The van der Waals surface area contributed by atoms with Gasteiger partial charge in [0.05, 0.1) is 11.2 Å². The number of hydrogen-bond acceptors (Lipinski definition) is 5. The van der Waals surface area contributed by atoms with Crippen LogP contribution in [-0.4, -0.2) is 41.4 Å². The number of nitrogens with one attached hydrogen (secondary N) is 1. The number of rotatable bonds is 1. The highest BCUT2D eigenvalue weighted by molar-refractivity contribution is 8.21. The Balaban J connectivity index is 1.63. The van der Waals surface area contributed by atoms with Gasteiger partial charge in [0.15, 0.2) is 11.5 Å². The first-order chi connectivity index (χ1) is 11.8. The van der Waals surface area contributed by atoms with Crippen LogP contribution < -0.4 is 14.8 Å². The normalized spacial score (nSPS) is 40.3. The molecule has 1 saturated carbocycles. The van der Waals surface area contributed by atoms with Gasteiger partial charge in [-0.3, -0.25) is 0 Å². The van der Waals surface area contributed by atoms with Crippen LogP contribution in [0.5, 0.6) is 11.5 Å². The molecule has 2 saturated heterocycles. The predicted molar refractivity (Wildman–Crippen MR) is 99.6 cm³/mol. The maximum Gasteiger partial charge on any atom is 0.165 e. The van der Waals surface area contributed by atoms with Crippen molar-refractivity contribution >= 4 is 23.5 Å². The summed E-state index contributed by atoms with van der Waals surface area (Å²) in [7, 11) is 1.78. The largest absolute Gasteiger partial charge is 0.493 e. The van der Waals surface area contributed by atoms with E-state index in [0.29, 0.717) is 12.1 Å². The number of methoxy groups -OCH3 is 1. The van der Waals surface area contributed by atoms with Gasteiger partial charge in [0.1, 0.15) is 6.10 Å². The molecule has 4 unspecified atom stereocenters. The molecule has 3 aliphatic heterocycles. The van der Waals surface area contributed by atoms with Crippen molar-refractivity contribution in [2.24, 2.45) is 5.92 Å². The monoisotopic (exact) mass is 361 g/mol. The van der Waals surface area contributed by atoms with Crippen molar-refractivity contribution < 1.29 is 9.47 Å². The molecule has 2 bridgehead atoms. The zero-order chi connectivity index (χ0) is 15.9. The molecule has 3 fully saturated rings. The lowest BCUT2D eigenvalue weighted by Gasteiger charge is -2.59. The molecule has 3 heterocycles. The van der Waals surface area contributed by atoms with Crippen molar-refractivity contribution in [1.29, 1.82) is 0 Å². The highest BCUT2D eigenvalue weighted by atomic mass is 32.2. The van der Waals surface area contributed by atoms with Gasteiger partial charge in [-0.05, 0) is 49.8 Å². The third-order valence-electron chi connectivity index (χ3n) is 7.11. The van der Waals surface area contributed by atoms with Crippen LogP contribution in [0.2, 0.25) is 0 Å². The van der Waals surface area contributed by atoms with Gasteiger partial charge in [-0.25, -0.2) is 0 Å². The lowest BCUT2D eigenvalue weighted by molar-refractivity contribution is 0.000611. The highest BCUT2D eigenvalue weighted by Crippen LogP contribution is 2.69. The lowest BCUT2D eigenvalue weighted by atomic mass is 9.52. The second kappa shape index (κ2) is 4.80. The Morgan fingerprint density at radius 3 is 2.96 bits per heavy atom. The molecule has 2 spiro atoms. The molecule has 5 heteroatoms. The van der Waals surface area contributed by atoms with E-state index >= 15 is 0 Å². The predicted octanol–water partition coefficient (Wildman–Crippen LogP) is 3.20. The van der Waals surface area contributed by atoms with Crippen LogP contribution in [0.3, 0.4) is 0 Å². The van der Waals surface area contributed by atoms with Gasteiger partial charge >= 0.3 is 0 Å². The number of thioether (sulfide) groups is 2. The average Bonchev–Trinajstić information content (AvgIpc) is 3.19. The molecule has 6 rings (SSSR count). The Morgan fingerprint density at radius 1 is 1.25 bits per heavy atom. The molecular formula is C19H23NO2S2. The zero-order valence-electron chi connectivity index (χ0n) is 14.0. The van der Waals surface area contributed by atoms with Crippen LogP contribution in [0.25, 0.3) is 0 Å². The Morgan fingerprint density at radius 2 is 2.12 bits per heavy atom. The quantitative estimate of drug-likeness (QED) is 0.830. The van der Waals surface area contributed by atoms with Crippen molar-refractivity contribution in [2.75, 3.05) is 25.2 Å². The summed E-state index contributed by atoms with van der Waals surface area (Å²) in [4.78, 5) is 0. The van der Waals surface area contributed by atoms with Gasteiger partial charge in [0.25, 0.3) is 0 Å². The SMILES string of the molecule is COc1ccc2c3c1OC1C4(CCC5C(C2)NCCC351)SCCS4. The minimum absolute atomic E-state index is 0.218. The van der Waals surface area contributed by atoms with Gasteiger partial charge in [0.2, 0.25) is 0 Å². The van der Waals surface area contributed by atoms with Crippen LogP contribution in [0, 0.1) is 5.92 Å². The molecule has 1 aromatic carbocycles. The standard InChI is InChI=1S/C19H23NO2S2/c1-21-14-3-2-11-10-13-12-4-5-19(23-8-9-24-19)17-18(12,6-7-20-13)15(11)16(14)22-17/h2-3,12-13,17,20H,4-10H2,1H3. The van der Waals surface area contributed by atoms with Crippen LogP contribution in [0.15, 0.2) is 12.1 Å². The van der Waals surface area contributed by atoms with Crippen molar-refractivity contribution in [3.8, 4) is 11.5 Å². The van der Waals surface area contributed by atoms with E-state index in [2.05, 4.69) is 41.0 Å². The van der Waals surface area contributed by atoms with Crippen molar-refractivity contribution in [1.82, 2.24) is 5.32 Å². The second-order valence-corrected chi connectivity index (χ2v) is 10.9. The fraction of sp³-hybridized carbons (Fsp3) is 0.684. The number of benzene rings is 1. The fourth-order valence-corrected chi connectivity index (χ4v) is 9.88. The van der Waals surface area contributed by atoms with Crippen LogP contribution >= 0.6 is 23.5 Å². The number of ether oxygens (including phenoxy) is 2. The fourth-order valence-electron chi connectivity index (χ4n) is 6.35. The number of piperidine rings is 1. The van der Waals surface area contributed by atoms with E-state index in [4.69, 9.17) is 9.47 Å². The number of fused-ring (bicyclic) bond motifs is 1. The lowest BCUT2D eigenvalue weighted by Crippen LogP contribution is -2.67. The molecule has 0 aromatic heterocycles. The summed E-state index contributed by atoms with van der Waals surface area (Å²) in [5, 5.41) is 3.84. The Hall–Kier alpha value is -0.520. The Kier molecular flexibility index (Phi) is 2.93. The molecule has 128 valence electrons. The smallest absolute Gasteiger partial charge is 0.165 e. The minimum Gasteiger partial charge on any atom is -0.493 e. The molecule has 0 amide bonds.